The smallest absolute Gasteiger partial charge is 0.250 e. The fourth-order valence-corrected chi connectivity index (χ4v) is 4.81. The molecule has 0 aromatic carbocycles. The van der Waals surface area contributed by atoms with E-state index >= 15 is 0 Å². The number of aromatic amines is 1. The zero-order chi connectivity index (χ0) is 18.1. The van der Waals surface area contributed by atoms with Crippen LogP contribution in [0.3, 0.4) is 0 Å². The zero-order valence-corrected chi connectivity index (χ0v) is 17.2. The standard InChI is InChI=1S/C18H25N5O3.2ClH/c24-15-7-13(21-10-22-15)4-5-20-18(26)17-12-6-11(8-19-9-12)14-2-1-3-16(25)23(14)17;;/h7,10-12,14,17,19H,1-6,8-9H2,(H,20,26)(H,21,22,24);2*1H/t11-,12+,14+,17-;;/m1../s1. The molecular weight excluding hydrogens is 405 g/mol. The monoisotopic (exact) mass is 431 g/mol. The van der Waals surface area contributed by atoms with Crippen molar-refractivity contribution in [1.29, 1.82) is 0 Å². The lowest BCUT2D eigenvalue weighted by molar-refractivity contribution is -0.157. The van der Waals surface area contributed by atoms with E-state index in [-0.39, 0.29) is 60.2 Å². The number of piperidine rings is 3. The summed E-state index contributed by atoms with van der Waals surface area (Å²) in [5.74, 6) is 0.670. The molecule has 8 nitrogen and oxygen atoms in total. The van der Waals surface area contributed by atoms with Crippen molar-refractivity contribution >= 4 is 36.6 Å². The molecule has 28 heavy (non-hydrogen) atoms. The number of H-pyrrole nitrogens is 1. The lowest BCUT2D eigenvalue weighted by atomic mass is 9.72. The molecule has 3 N–H and O–H groups in total. The van der Waals surface area contributed by atoms with Gasteiger partial charge in [-0.3, -0.25) is 14.4 Å². The van der Waals surface area contributed by atoms with E-state index in [0.717, 1.165) is 32.4 Å². The topological polar surface area (TPSA) is 107 Å². The predicted octanol–water partition coefficient (Wildman–Crippen LogP) is 0.261. The van der Waals surface area contributed by atoms with E-state index in [0.29, 0.717) is 31.0 Å². The van der Waals surface area contributed by atoms with E-state index in [4.69, 9.17) is 0 Å². The predicted molar refractivity (Wildman–Crippen MR) is 109 cm³/mol. The highest BCUT2D eigenvalue weighted by atomic mass is 35.5. The summed E-state index contributed by atoms with van der Waals surface area (Å²) in [4.78, 5) is 45.3. The minimum Gasteiger partial charge on any atom is -0.354 e. The van der Waals surface area contributed by atoms with E-state index in [1.54, 1.807) is 0 Å². The minimum atomic E-state index is -0.385. The molecule has 3 saturated heterocycles. The molecule has 0 radical (unpaired) electrons. The van der Waals surface area contributed by atoms with Gasteiger partial charge in [0.15, 0.2) is 0 Å². The number of nitrogens with zero attached hydrogens (tertiary/aromatic N) is 2. The lowest BCUT2D eigenvalue weighted by Gasteiger charge is -2.53. The van der Waals surface area contributed by atoms with Crippen LogP contribution in [0.25, 0.3) is 0 Å². The average Bonchev–Trinajstić information content (AvgIpc) is 2.63. The summed E-state index contributed by atoms with van der Waals surface area (Å²) in [5, 5.41) is 6.41. The van der Waals surface area contributed by atoms with Gasteiger partial charge >= 0.3 is 0 Å². The van der Waals surface area contributed by atoms with Gasteiger partial charge in [-0.15, -0.1) is 24.8 Å². The summed E-state index contributed by atoms with van der Waals surface area (Å²) in [5.41, 5.74) is 0.443. The maximum atomic E-state index is 12.9. The van der Waals surface area contributed by atoms with Crippen molar-refractivity contribution in [3.05, 3.63) is 28.4 Å². The quantitative estimate of drug-likeness (QED) is 0.633. The minimum absolute atomic E-state index is 0. The third kappa shape index (κ3) is 4.50. The van der Waals surface area contributed by atoms with Gasteiger partial charge in [-0.1, -0.05) is 0 Å². The molecule has 1 aromatic rings. The van der Waals surface area contributed by atoms with Gasteiger partial charge in [-0.25, -0.2) is 4.98 Å². The van der Waals surface area contributed by atoms with Crippen LogP contribution in [-0.2, 0) is 16.0 Å². The number of rotatable bonds is 4. The number of carbonyl (C=O) groups excluding carboxylic acids is 2. The molecule has 4 atom stereocenters. The van der Waals surface area contributed by atoms with Crippen molar-refractivity contribution in [2.75, 3.05) is 19.6 Å². The van der Waals surface area contributed by atoms with E-state index < -0.39 is 0 Å². The average molecular weight is 432 g/mol. The Labute approximate surface area is 176 Å². The number of hydrogen-bond donors (Lipinski definition) is 3. The van der Waals surface area contributed by atoms with Crippen LogP contribution in [-0.4, -0.2) is 58.4 Å². The molecule has 1 aromatic heterocycles. The van der Waals surface area contributed by atoms with E-state index in [9.17, 15) is 14.4 Å². The second-order valence-corrected chi connectivity index (χ2v) is 7.56. The Bertz CT molecular complexity index is 759. The third-order valence-electron chi connectivity index (χ3n) is 5.93. The van der Waals surface area contributed by atoms with Gasteiger partial charge in [-0.05, 0) is 31.7 Å². The first-order valence-electron chi connectivity index (χ1n) is 9.46. The largest absolute Gasteiger partial charge is 0.354 e. The summed E-state index contributed by atoms with van der Waals surface area (Å²) in [6.45, 7) is 2.12. The number of halogens is 2. The van der Waals surface area contributed by atoms with E-state index in [2.05, 4.69) is 20.6 Å². The Morgan fingerprint density at radius 1 is 1.25 bits per heavy atom. The first-order chi connectivity index (χ1) is 12.6. The first kappa shape index (κ1) is 22.6. The molecule has 0 saturated carbocycles. The van der Waals surface area contributed by atoms with Crippen molar-refractivity contribution in [3.8, 4) is 0 Å². The summed E-state index contributed by atoms with van der Waals surface area (Å²) in [6, 6.07) is 1.24. The fourth-order valence-electron chi connectivity index (χ4n) is 4.81. The van der Waals surface area contributed by atoms with Crippen LogP contribution < -0.4 is 16.2 Å². The van der Waals surface area contributed by atoms with Gasteiger partial charge in [0.25, 0.3) is 5.56 Å². The van der Waals surface area contributed by atoms with Crippen molar-refractivity contribution in [1.82, 2.24) is 25.5 Å². The number of hydrogen-bond acceptors (Lipinski definition) is 5. The Kier molecular flexibility index (Phi) is 7.86. The second-order valence-electron chi connectivity index (χ2n) is 7.56. The van der Waals surface area contributed by atoms with Crippen molar-refractivity contribution in [2.24, 2.45) is 11.8 Å². The highest BCUT2D eigenvalue weighted by Crippen LogP contribution is 2.39. The highest BCUT2D eigenvalue weighted by molar-refractivity contribution is 5.89. The SMILES string of the molecule is Cl.Cl.O=C(NCCc1cc(=O)[nH]cn1)[C@H]1[C@@H]2CNC[C@@H](C2)[C@@H]2CCCC(=O)N21. The van der Waals surface area contributed by atoms with Crippen molar-refractivity contribution in [3.63, 3.8) is 0 Å². The number of amides is 2. The van der Waals surface area contributed by atoms with Crippen LogP contribution in [0, 0.1) is 11.8 Å². The van der Waals surface area contributed by atoms with Gasteiger partial charge in [0, 0.05) is 49.7 Å². The Morgan fingerprint density at radius 3 is 2.82 bits per heavy atom. The number of nitrogens with one attached hydrogen (secondary N) is 3. The summed E-state index contributed by atoms with van der Waals surface area (Å²) in [7, 11) is 0. The first-order valence-corrected chi connectivity index (χ1v) is 9.46. The van der Waals surface area contributed by atoms with Crippen LogP contribution in [0.5, 0.6) is 0 Å². The van der Waals surface area contributed by atoms with Gasteiger partial charge in [0.1, 0.15) is 6.04 Å². The lowest BCUT2D eigenvalue weighted by Crippen LogP contribution is -2.68. The van der Waals surface area contributed by atoms with Crippen molar-refractivity contribution < 1.29 is 9.59 Å². The van der Waals surface area contributed by atoms with E-state index in [1.807, 2.05) is 4.90 Å². The molecule has 0 aliphatic carbocycles. The number of aromatic nitrogens is 2. The van der Waals surface area contributed by atoms with Gasteiger partial charge in [0.05, 0.1) is 6.33 Å². The molecule has 156 valence electrons. The Hall–Kier alpha value is -1.64. The summed E-state index contributed by atoms with van der Waals surface area (Å²) >= 11 is 0. The molecular formula is C18H27Cl2N5O3. The van der Waals surface area contributed by atoms with Crippen LogP contribution in [0.4, 0.5) is 0 Å². The van der Waals surface area contributed by atoms with Crippen molar-refractivity contribution in [2.45, 2.75) is 44.2 Å². The van der Waals surface area contributed by atoms with E-state index in [1.165, 1.54) is 12.4 Å². The molecule has 4 heterocycles. The highest BCUT2D eigenvalue weighted by Gasteiger charge is 2.50. The molecule has 0 unspecified atom stereocenters. The molecule has 0 spiro atoms. The van der Waals surface area contributed by atoms with Crippen LogP contribution in [0.2, 0.25) is 0 Å². The fraction of sp³-hybridized carbons (Fsp3) is 0.667. The van der Waals surface area contributed by atoms with Gasteiger partial charge in [-0.2, -0.15) is 0 Å². The zero-order valence-electron chi connectivity index (χ0n) is 15.6. The molecule has 3 fully saturated rings. The Morgan fingerprint density at radius 2 is 2.04 bits per heavy atom. The number of fused-ring (bicyclic) bond motifs is 4. The van der Waals surface area contributed by atoms with Crippen LogP contribution in [0.15, 0.2) is 17.2 Å². The third-order valence-corrected chi connectivity index (χ3v) is 5.93. The van der Waals surface area contributed by atoms with Gasteiger partial charge in [0.2, 0.25) is 11.8 Å². The Balaban J connectivity index is 0.00000140. The maximum Gasteiger partial charge on any atom is 0.250 e. The molecule has 10 heteroatoms. The molecule has 3 aliphatic rings. The second kappa shape index (κ2) is 9.71. The number of carbonyl (C=O) groups is 2. The molecule has 3 aliphatic heterocycles. The molecule has 2 bridgehead atoms. The van der Waals surface area contributed by atoms with Crippen LogP contribution >= 0.6 is 24.8 Å². The summed E-state index contributed by atoms with van der Waals surface area (Å²) in [6.07, 6.45) is 5.32. The molecule has 2 amide bonds. The normalized spacial score (nSPS) is 28.4. The summed E-state index contributed by atoms with van der Waals surface area (Å²) < 4.78 is 0. The van der Waals surface area contributed by atoms with Gasteiger partial charge < -0.3 is 20.5 Å². The maximum absolute atomic E-state index is 12.9. The van der Waals surface area contributed by atoms with Crippen LogP contribution in [0.1, 0.15) is 31.4 Å². The molecule has 4 rings (SSSR count).